The first kappa shape index (κ1) is 21.1. The number of fused-ring (bicyclic) bond motifs is 1. The van der Waals surface area contributed by atoms with Gasteiger partial charge in [0.15, 0.2) is 28.3 Å². The molecule has 0 spiro atoms. The maximum absolute atomic E-state index is 14.0. The Labute approximate surface area is 179 Å². The third-order valence-electron chi connectivity index (χ3n) is 4.70. The molecule has 0 bridgehead atoms. The number of hydrogen-bond donors (Lipinski definition) is 1. The Morgan fingerprint density at radius 2 is 1.84 bits per heavy atom. The predicted octanol–water partition coefficient (Wildman–Crippen LogP) is 4.50. The fourth-order valence-corrected chi connectivity index (χ4v) is 3.54. The van der Waals surface area contributed by atoms with Crippen LogP contribution in [-0.4, -0.2) is 25.8 Å². The summed E-state index contributed by atoms with van der Waals surface area (Å²) in [5.74, 6) is -4.29. The quantitative estimate of drug-likeness (QED) is 0.349. The molecule has 4 aromatic rings. The highest BCUT2D eigenvalue weighted by Gasteiger charge is 2.25. The maximum atomic E-state index is 14.0. The standard InChI is InChI=1S/C21H17F3N4O2S/c1-11(30-10-12-6-4-3-5-7-12)18-16(13-8-14(22)17(24)15(23)9-13)19-25-20(31-2)26-21(29)28(19)27-18/h3-9,11H,10H2,1-2H3,(H,25,26,29). The molecule has 1 unspecified atom stereocenters. The first-order valence-electron chi connectivity index (χ1n) is 9.26. The van der Waals surface area contributed by atoms with E-state index in [2.05, 4.69) is 15.1 Å². The van der Waals surface area contributed by atoms with Crippen LogP contribution in [0.1, 0.15) is 24.3 Å². The highest BCUT2D eigenvalue weighted by Crippen LogP contribution is 2.34. The highest BCUT2D eigenvalue weighted by molar-refractivity contribution is 7.98. The van der Waals surface area contributed by atoms with Gasteiger partial charge in [0.2, 0.25) is 0 Å². The summed E-state index contributed by atoms with van der Waals surface area (Å²) < 4.78 is 48.4. The number of H-pyrrole nitrogens is 1. The van der Waals surface area contributed by atoms with Crippen LogP contribution in [0.3, 0.4) is 0 Å². The molecule has 2 heterocycles. The molecule has 0 amide bonds. The lowest BCUT2D eigenvalue weighted by atomic mass is 10.0. The molecule has 0 aliphatic heterocycles. The summed E-state index contributed by atoms with van der Waals surface area (Å²) in [6.45, 7) is 1.95. The van der Waals surface area contributed by atoms with Gasteiger partial charge in [-0.15, -0.1) is 0 Å². The number of ether oxygens (including phenoxy) is 1. The zero-order chi connectivity index (χ0) is 22.1. The number of hydrogen-bond acceptors (Lipinski definition) is 5. The largest absolute Gasteiger partial charge is 0.367 e. The Morgan fingerprint density at radius 1 is 1.16 bits per heavy atom. The monoisotopic (exact) mass is 446 g/mol. The summed E-state index contributed by atoms with van der Waals surface area (Å²) in [5, 5.41) is 4.59. The molecule has 1 N–H and O–H groups in total. The Bertz CT molecular complexity index is 1280. The van der Waals surface area contributed by atoms with Crippen molar-refractivity contribution in [2.24, 2.45) is 0 Å². The lowest BCUT2D eigenvalue weighted by Crippen LogP contribution is -2.19. The van der Waals surface area contributed by atoms with Gasteiger partial charge < -0.3 is 4.74 Å². The molecule has 0 aliphatic rings. The normalized spacial score (nSPS) is 12.4. The second kappa shape index (κ2) is 8.56. The van der Waals surface area contributed by atoms with E-state index < -0.39 is 29.2 Å². The van der Waals surface area contributed by atoms with Crippen LogP contribution in [0.5, 0.6) is 0 Å². The molecule has 4 rings (SSSR count). The van der Waals surface area contributed by atoms with Gasteiger partial charge >= 0.3 is 5.69 Å². The zero-order valence-electron chi connectivity index (χ0n) is 16.5. The van der Waals surface area contributed by atoms with E-state index in [9.17, 15) is 18.0 Å². The average Bonchev–Trinajstić information content (AvgIpc) is 3.16. The van der Waals surface area contributed by atoms with E-state index in [1.807, 2.05) is 30.3 Å². The molecular formula is C21H17F3N4O2S. The van der Waals surface area contributed by atoms with E-state index in [0.29, 0.717) is 5.16 Å². The van der Waals surface area contributed by atoms with Gasteiger partial charge in [0.1, 0.15) is 5.69 Å². The summed E-state index contributed by atoms with van der Waals surface area (Å²) in [6, 6.07) is 11.1. The van der Waals surface area contributed by atoms with Crippen LogP contribution >= 0.6 is 11.8 Å². The number of aromatic nitrogens is 4. The summed E-state index contributed by atoms with van der Waals surface area (Å²) in [6.07, 6.45) is 1.05. The second-order valence-electron chi connectivity index (χ2n) is 6.74. The molecule has 0 fully saturated rings. The van der Waals surface area contributed by atoms with Gasteiger partial charge in [0, 0.05) is 0 Å². The maximum Gasteiger partial charge on any atom is 0.350 e. The Hall–Kier alpha value is -3.11. The van der Waals surface area contributed by atoms with Crippen molar-refractivity contribution in [2.75, 3.05) is 6.26 Å². The van der Waals surface area contributed by atoms with Crippen molar-refractivity contribution in [1.29, 1.82) is 0 Å². The number of rotatable bonds is 6. The lowest BCUT2D eigenvalue weighted by Gasteiger charge is -2.13. The predicted molar refractivity (Wildman–Crippen MR) is 110 cm³/mol. The smallest absolute Gasteiger partial charge is 0.350 e. The van der Waals surface area contributed by atoms with Crippen molar-refractivity contribution in [3.63, 3.8) is 0 Å². The van der Waals surface area contributed by atoms with Crippen molar-refractivity contribution < 1.29 is 17.9 Å². The summed E-state index contributed by atoms with van der Waals surface area (Å²) in [5.41, 5.74) is 0.877. The Kier molecular flexibility index (Phi) is 5.84. The van der Waals surface area contributed by atoms with Gasteiger partial charge in [-0.2, -0.15) is 9.61 Å². The molecule has 10 heteroatoms. The lowest BCUT2D eigenvalue weighted by molar-refractivity contribution is 0.0499. The van der Waals surface area contributed by atoms with Gasteiger partial charge in [-0.1, -0.05) is 42.1 Å². The van der Waals surface area contributed by atoms with E-state index in [1.165, 1.54) is 11.8 Å². The molecule has 0 saturated carbocycles. The summed E-state index contributed by atoms with van der Waals surface area (Å²) >= 11 is 1.19. The third kappa shape index (κ3) is 4.08. The highest BCUT2D eigenvalue weighted by atomic mass is 32.2. The van der Waals surface area contributed by atoms with Crippen LogP contribution in [0.2, 0.25) is 0 Å². The van der Waals surface area contributed by atoms with E-state index in [-0.39, 0.29) is 29.1 Å². The van der Waals surface area contributed by atoms with Gasteiger partial charge in [-0.25, -0.2) is 22.9 Å². The molecule has 0 saturated heterocycles. The summed E-state index contributed by atoms with van der Waals surface area (Å²) in [7, 11) is 0. The fourth-order valence-electron chi connectivity index (χ4n) is 3.17. The molecule has 2 aromatic heterocycles. The molecule has 0 aliphatic carbocycles. The molecule has 1 atom stereocenters. The minimum absolute atomic E-state index is 0.00159. The number of thioether (sulfide) groups is 1. The SMILES string of the molecule is CSc1nc2c(-c3cc(F)c(F)c(F)c3)c(C(C)OCc3ccccc3)nn2c(=O)[nH]1. The third-order valence-corrected chi connectivity index (χ3v) is 5.28. The molecule has 0 radical (unpaired) electrons. The van der Waals surface area contributed by atoms with E-state index in [4.69, 9.17) is 4.74 Å². The Balaban J connectivity index is 1.87. The van der Waals surface area contributed by atoms with Crippen LogP contribution in [0.15, 0.2) is 52.4 Å². The van der Waals surface area contributed by atoms with Crippen LogP contribution in [0.4, 0.5) is 13.2 Å². The number of aromatic amines is 1. The van der Waals surface area contributed by atoms with Crippen molar-refractivity contribution in [3.8, 4) is 11.1 Å². The molecule has 31 heavy (non-hydrogen) atoms. The average molecular weight is 446 g/mol. The van der Waals surface area contributed by atoms with Crippen molar-refractivity contribution >= 4 is 17.4 Å². The number of nitrogens with zero attached hydrogens (tertiary/aromatic N) is 3. The number of benzene rings is 2. The number of halogens is 3. The second-order valence-corrected chi connectivity index (χ2v) is 7.53. The molecule has 6 nitrogen and oxygen atoms in total. The van der Waals surface area contributed by atoms with Gasteiger partial charge in [0.05, 0.1) is 18.3 Å². The fraction of sp³-hybridized carbons (Fsp3) is 0.190. The minimum atomic E-state index is -1.58. The van der Waals surface area contributed by atoms with Crippen LogP contribution in [-0.2, 0) is 11.3 Å². The van der Waals surface area contributed by atoms with E-state index >= 15 is 0 Å². The number of nitrogens with one attached hydrogen (secondary N) is 1. The topological polar surface area (TPSA) is 72.3 Å². The zero-order valence-corrected chi connectivity index (χ0v) is 17.3. The van der Waals surface area contributed by atoms with E-state index in [0.717, 1.165) is 22.2 Å². The molecule has 2 aromatic carbocycles. The van der Waals surface area contributed by atoms with Crippen LogP contribution in [0, 0.1) is 17.5 Å². The Morgan fingerprint density at radius 3 is 2.48 bits per heavy atom. The summed E-state index contributed by atoms with van der Waals surface area (Å²) in [4.78, 5) is 19.4. The van der Waals surface area contributed by atoms with Gasteiger partial charge in [-0.3, -0.25) is 4.98 Å². The molecule has 160 valence electrons. The first-order chi connectivity index (χ1) is 14.9. The van der Waals surface area contributed by atoms with Gasteiger partial charge in [0.25, 0.3) is 0 Å². The van der Waals surface area contributed by atoms with Crippen LogP contribution in [0.25, 0.3) is 16.8 Å². The van der Waals surface area contributed by atoms with Crippen molar-refractivity contribution in [2.45, 2.75) is 24.8 Å². The first-order valence-corrected chi connectivity index (χ1v) is 10.5. The molecular weight excluding hydrogens is 429 g/mol. The van der Waals surface area contributed by atoms with Crippen molar-refractivity contribution in [3.05, 3.63) is 81.7 Å². The van der Waals surface area contributed by atoms with Crippen LogP contribution < -0.4 is 5.69 Å². The minimum Gasteiger partial charge on any atom is -0.367 e. The van der Waals surface area contributed by atoms with Gasteiger partial charge in [-0.05, 0) is 36.4 Å². The van der Waals surface area contributed by atoms with Crippen molar-refractivity contribution in [1.82, 2.24) is 19.6 Å². The van der Waals surface area contributed by atoms with E-state index in [1.54, 1.807) is 13.2 Å².